The first-order valence-electron chi connectivity index (χ1n) is 8.58. The topological polar surface area (TPSA) is 102 Å². The Balaban J connectivity index is 1.85. The van der Waals surface area contributed by atoms with Crippen LogP contribution in [0.25, 0.3) is 0 Å². The third-order valence-electron chi connectivity index (χ3n) is 4.82. The Kier molecular flexibility index (Phi) is 5.34. The zero-order valence-electron chi connectivity index (χ0n) is 15.5. The van der Waals surface area contributed by atoms with Gasteiger partial charge in [0.15, 0.2) is 11.5 Å². The lowest BCUT2D eigenvalue weighted by molar-refractivity contribution is -0.141. The average Bonchev–Trinajstić information content (AvgIpc) is 3.27. The molecule has 1 amide bonds. The number of ether oxygens (including phenoxy) is 2. The van der Waals surface area contributed by atoms with Crippen LogP contribution in [-0.4, -0.2) is 54.3 Å². The molecule has 8 heteroatoms. The Bertz CT molecular complexity index is 846. The highest BCUT2D eigenvalue weighted by atomic mass is 16.5. The summed E-state index contributed by atoms with van der Waals surface area (Å²) in [7, 11) is 3.04. The molecule has 0 saturated carbocycles. The van der Waals surface area contributed by atoms with Gasteiger partial charge in [0.1, 0.15) is 5.76 Å². The molecule has 0 bridgehead atoms. The highest BCUT2D eigenvalue weighted by molar-refractivity contribution is 5.81. The maximum Gasteiger partial charge on any atom is 0.308 e. The molecule has 0 unspecified atom stereocenters. The van der Waals surface area contributed by atoms with Gasteiger partial charge >= 0.3 is 5.97 Å². The molecule has 1 aromatic heterocycles. The van der Waals surface area contributed by atoms with Crippen LogP contribution >= 0.6 is 0 Å². The highest BCUT2D eigenvalue weighted by Gasteiger charge is 2.42. The van der Waals surface area contributed by atoms with Gasteiger partial charge in [0.2, 0.25) is 5.91 Å². The van der Waals surface area contributed by atoms with Gasteiger partial charge < -0.3 is 24.0 Å². The molecular weight excluding hydrogens is 352 g/mol. The van der Waals surface area contributed by atoms with E-state index in [-0.39, 0.29) is 25.4 Å². The number of likely N-dealkylation sites (tertiary alicyclic amines) is 1. The molecule has 0 spiro atoms. The number of aryl methyl sites for hydroxylation is 1. The van der Waals surface area contributed by atoms with Crippen molar-refractivity contribution in [2.75, 3.05) is 27.3 Å². The molecule has 144 valence electrons. The van der Waals surface area contributed by atoms with Crippen molar-refractivity contribution in [1.82, 2.24) is 10.1 Å². The number of carbonyl (C=O) groups is 2. The van der Waals surface area contributed by atoms with E-state index in [1.54, 1.807) is 30.0 Å². The van der Waals surface area contributed by atoms with E-state index < -0.39 is 17.8 Å². The molecular formula is C19H22N2O6. The summed E-state index contributed by atoms with van der Waals surface area (Å²) in [6.45, 7) is 2.19. The number of nitrogens with zero attached hydrogens (tertiary/aromatic N) is 2. The molecule has 8 nitrogen and oxygen atoms in total. The number of carboxylic acid groups (broad SMARTS) is 1. The number of hydrogen-bond acceptors (Lipinski definition) is 6. The van der Waals surface area contributed by atoms with Crippen molar-refractivity contribution in [2.45, 2.75) is 19.3 Å². The van der Waals surface area contributed by atoms with E-state index in [1.165, 1.54) is 14.2 Å². The maximum absolute atomic E-state index is 12.6. The molecule has 2 aromatic rings. The van der Waals surface area contributed by atoms with E-state index in [2.05, 4.69) is 5.16 Å². The number of carbonyl (C=O) groups excluding carboxylic acids is 1. The minimum Gasteiger partial charge on any atom is -0.493 e. The van der Waals surface area contributed by atoms with Crippen molar-refractivity contribution < 1.29 is 28.7 Å². The lowest BCUT2D eigenvalue weighted by Gasteiger charge is -2.20. The summed E-state index contributed by atoms with van der Waals surface area (Å²) in [4.78, 5) is 26.0. The van der Waals surface area contributed by atoms with Crippen LogP contribution < -0.4 is 9.47 Å². The SMILES string of the molecule is COc1cccc([C@@H]2CN(C(=O)Cc3cc(C)no3)C[C@H]2C(=O)O)c1OC. The number of para-hydroxylation sites is 1. The summed E-state index contributed by atoms with van der Waals surface area (Å²) in [5, 5.41) is 13.5. The Morgan fingerprint density at radius 2 is 2.07 bits per heavy atom. The van der Waals surface area contributed by atoms with Crippen molar-refractivity contribution in [3.63, 3.8) is 0 Å². The molecule has 27 heavy (non-hydrogen) atoms. The second-order valence-electron chi connectivity index (χ2n) is 6.54. The molecule has 0 aliphatic carbocycles. The molecule has 1 aliphatic rings. The van der Waals surface area contributed by atoms with Gasteiger partial charge in [0, 0.05) is 30.6 Å². The molecule has 3 rings (SSSR count). The van der Waals surface area contributed by atoms with Crippen LogP contribution in [0.1, 0.15) is 22.9 Å². The van der Waals surface area contributed by atoms with Crippen LogP contribution in [0.3, 0.4) is 0 Å². The van der Waals surface area contributed by atoms with Crippen molar-refractivity contribution in [3.8, 4) is 11.5 Å². The number of benzene rings is 1. The van der Waals surface area contributed by atoms with E-state index in [0.29, 0.717) is 23.0 Å². The highest BCUT2D eigenvalue weighted by Crippen LogP contribution is 2.42. The lowest BCUT2D eigenvalue weighted by atomic mass is 9.88. The summed E-state index contributed by atoms with van der Waals surface area (Å²) in [6.07, 6.45) is 0.0507. The number of rotatable bonds is 6. The van der Waals surface area contributed by atoms with E-state index in [4.69, 9.17) is 14.0 Å². The summed E-state index contributed by atoms with van der Waals surface area (Å²) in [5.74, 6) is -0.777. The van der Waals surface area contributed by atoms with Gasteiger partial charge in [-0.2, -0.15) is 0 Å². The lowest BCUT2D eigenvalue weighted by Crippen LogP contribution is -2.31. The van der Waals surface area contributed by atoms with E-state index in [1.807, 2.05) is 6.07 Å². The normalized spacial score (nSPS) is 19.1. The quantitative estimate of drug-likeness (QED) is 0.823. The van der Waals surface area contributed by atoms with Gasteiger partial charge in [-0.05, 0) is 13.0 Å². The second kappa shape index (κ2) is 7.69. The van der Waals surface area contributed by atoms with E-state index in [9.17, 15) is 14.7 Å². The molecule has 1 saturated heterocycles. The molecule has 1 N–H and O–H groups in total. The number of hydrogen-bond donors (Lipinski definition) is 1. The zero-order valence-corrected chi connectivity index (χ0v) is 15.5. The predicted molar refractivity (Wildman–Crippen MR) is 94.9 cm³/mol. The molecule has 1 aromatic carbocycles. The third kappa shape index (κ3) is 3.74. The van der Waals surface area contributed by atoms with E-state index in [0.717, 1.165) is 5.56 Å². The van der Waals surface area contributed by atoms with Gasteiger partial charge in [-0.1, -0.05) is 17.3 Å². The first-order chi connectivity index (χ1) is 12.9. The molecule has 1 aliphatic heterocycles. The Morgan fingerprint density at radius 1 is 1.30 bits per heavy atom. The average molecular weight is 374 g/mol. The number of aliphatic carboxylic acids is 1. The fourth-order valence-electron chi connectivity index (χ4n) is 3.54. The van der Waals surface area contributed by atoms with Crippen molar-refractivity contribution in [1.29, 1.82) is 0 Å². The molecule has 1 fully saturated rings. The largest absolute Gasteiger partial charge is 0.493 e. The first-order valence-corrected chi connectivity index (χ1v) is 8.58. The monoisotopic (exact) mass is 374 g/mol. The van der Waals surface area contributed by atoms with Crippen LogP contribution in [0, 0.1) is 12.8 Å². The second-order valence-corrected chi connectivity index (χ2v) is 6.54. The van der Waals surface area contributed by atoms with E-state index >= 15 is 0 Å². The number of aromatic nitrogens is 1. The first kappa shape index (κ1) is 18.8. The molecule has 0 radical (unpaired) electrons. The molecule has 2 atom stereocenters. The van der Waals surface area contributed by atoms with Crippen LogP contribution in [0.15, 0.2) is 28.8 Å². The maximum atomic E-state index is 12.6. The number of carboxylic acids is 1. The van der Waals surface area contributed by atoms with Crippen LogP contribution in [0.2, 0.25) is 0 Å². The smallest absolute Gasteiger partial charge is 0.308 e. The fraction of sp³-hybridized carbons (Fsp3) is 0.421. The van der Waals surface area contributed by atoms with Crippen LogP contribution in [0.4, 0.5) is 0 Å². The van der Waals surface area contributed by atoms with Crippen molar-refractivity contribution >= 4 is 11.9 Å². The van der Waals surface area contributed by atoms with Gasteiger partial charge in [-0.3, -0.25) is 9.59 Å². The van der Waals surface area contributed by atoms with Gasteiger partial charge in [0.25, 0.3) is 0 Å². The Labute approximate surface area is 156 Å². The van der Waals surface area contributed by atoms with Crippen molar-refractivity contribution in [3.05, 3.63) is 41.3 Å². The minimum absolute atomic E-state index is 0.0507. The summed E-state index contributed by atoms with van der Waals surface area (Å²) < 4.78 is 15.9. The third-order valence-corrected chi connectivity index (χ3v) is 4.82. The van der Waals surface area contributed by atoms with Crippen LogP contribution in [0.5, 0.6) is 11.5 Å². The fourth-order valence-corrected chi connectivity index (χ4v) is 3.54. The predicted octanol–water partition coefficient (Wildman–Crippen LogP) is 1.87. The standard InChI is InChI=1S/C19H22N2O6/c1-11-7-12(27-20-11)8-17(22)21-9-14(15(10-21)19(23)24)13-5-4-6-16(25-2)18(13)26-3/h4-7,14-15H,8-10H2,1-3H3,(H,23,24)/t14-,15+/m0/s1. The number of methoxy groups -OCH3 is 2. The zero-order chi connectivity index (χ0) is 19.6. The summed E-state index contributed by atoms with van der Waals surface area (Å²) >= 11 is 0. The van der Waals surface area contributed by atoms with Crippen LogP contribution in [-0.2, 0) is 16.0 Å². The van der Waals surface area contributed by atoms with Gasteiger partial charge in [-0.25, -0.2) is 0 Å². The van der Waals surface area contributed by atoms with Gasteiger partial charge in [0.05, 0.1) is 32.3 Å². The minimum atomic E-state index is -0.948. The Morgan fingerprint density at radius 3 is 2.67 bits per heavy atom. The summed E-state index contributed by atoms with van der Waals surface area (Å²) in [5.41, 5.74) is 1.41. The Hall–Kier alpha value is -3.03. The molecule has 2 heterocycles. The number of amides is 1. The van der Waals surface area contributed by atoms with Gasteiger partial charge in [-0.15, -0.1) is 0 Å². The van der Waals surface area contributed by atoms with Crippen molar-refractivity contribution in [2.24, 2.45) is 5.92 Å². The summed E-state index contributed by atoms with van der Waals surface area (Å²) in [6, 6.07) is 7.06.